The maximum atomic E-state index is 13.2. The Morgan fingerprint density at radius 3 is 2.40 bits per heavy atom. The van der Waals surface area contributed by atoms with Crippen LogP contribution in [-0.4, -0.2) is 107 Å². The molecule has 4 amide bonds. The van der Waals surface area contributed by atoms with E-state index in [2.05, 4.69) is 22.9 Å². The molecule has 3 fully saturated rings. The Balaban J connectivity index is 1.56. The maximum absolute atomic E-state index is 13.2. The lowest BCUT2D eigenvalue weighted by molar-refractivity contribution is -0.145. The number of hydrogen-bond acceptors (Lipinski definition) is 6. The highest BCUT2D eigenvalue weighted by Gasteiger charge is 2.61. The lowest BCUT2D eigenvalue weighted by atomic mass is 9.86. The van der Waals surface area contributed by atoms with Gasteiger partial charge < -0.3 is 26.0 Å². The summed E-state index contributed by atoms with van der Waals surface area (Å²) in [7, 11) is -3.68. The maximum Gasteiger partial charge on any atom is 0.330 e. The summed E-state index contributed by atoms with van der Waals surface area (Å²) in [4.78, 5) is 52.8. The third-order valence-electron chi connectivity index (χ3n) is 9.08. The van der Waals surface area contributed by atoms with Crippen molar-refractivity contribution in [3.8, 4) is 0 Å². The van der Waals surface area contributed by atoms with Crippen molar-refractivity contribution in [1.29, 1.82) is 0 Å². The van der Waals surface area contributed by atoms with E-state index in [4.69, 9.17) is 0 Å². The van der Waals surface area contributed by atoms with Crippen LogP contribution in [0.5, 0.6) is 0 Å². The van der Waals surface area contributed by atoms with Gasteiger partial charge in [0.25, 0.3) is 10.2 Å². The highest BCUT2D eigenvalue weighted by Crippen LogP contribution is 2.45. The molecule has 0 bridgehead atoms. The highest BCUT2D eigenvalue weighted by molar-refractivity contribution is 7.86. The van der Waals surface area contributed by atoms with Gasteiger partial charge >= 0.3 is 12.0 Å². The predicted octanol–water partition coefficient (Wildman–Crippen LogP) is 2.45. The van der Waals surface area contributed by atoms with E-state index in [1.54, 1.807) is 0 Å². The highest BCUT2D eigenvalue weighted by atomic mass is 32.2. The van der Waals surface area contributed by atoms with Crippen LogP contribution in [0, 0.1) is 11.3 Å². The Kier molecular flexibility index (Phi) is 12.5. The van der Waals surface area contributed by atoms with Crippen LogP contribution in [0.3, 0.4) is 0 Å². The SMILES string of the molecule is CCCCC/C=C\C1C[C@]1(NC(=O)[C@@H]1CCCN1C(=O)CNC(=O)NC(CN1CCCN(C(C)C)S1(=O)=O)C(C)(C)C)C(=O)O. The van der Waals surface area contributed by atoms with Gasteiger partial charge in [-0.15, -0.1) is 0 Å². The number of nitrogens with one attached hydrogen (secondary N) is 3. The molecule has 0 spiro atoms. The van der Waals surface area contributed by atoms with Crippen LogP contribution in [0.15, 0.2) is 12.2 Å². The van der Waals surface area contributed by atoms with Crippen molar-refractivity contribution in [1.82, 2.24) is 29.5 Å². The minimum atomic E-state index is -3.68. The Morgan fingerprint density at radius 1 is 1.07 bits per heavy atom. The van der Waals surface area contributed by atoms with Crippen molar-refractivity contribution in [3.63, 3.8) is 0 Å². The number of carboxylic acid groups (broad SMARTS) is 1. The van der Waals surface area contributed by atoms with Gasteiger partial charge in [-0.25, -0.2) is 9.59 Å². The molecule has 2 saturated heterocycles. The zero-order valence-electron chi connectivity index (χ0n) is 27.8. The van der Waals surface area contributed by atoms with Crippen molar-refractivity contribution in [3.05, 3.63) is 12.2 Å². The molecule has 0 aromatic heterocycles. The van der Waals surface area contributed by atoms with Crippen LogP contribution in [0.25, 0.3) is 0 Å². The first-order chi connectivity index (χ1) is 21.0. The Labute approximate surface area is 268 Å². The Hall–Kier alpha value is -2.71. The lowest BCUT2D eigenvalue weighted by Gasteiger charge is -2.41. The van der Waals surface area contributed by atoms with Gasteiger partial charge in [-0.05, 0) is 57.8 Å². The molecule has 2 aliphatic heterocycles. The van der Waals surface area contributed by atoms with E-state index in [-0.39, 0.29) is 25.0 Å². The van der Waals surface area contributed by atoms with Gasteiger partial charge in [0, 0.05) is 44.2 Å². The molecule has 1 aliphatic carbocycles. The normalized spacial score (nSPS) is 26.2. The minimum absolute atomic E-state index is 0.0883. The van der Waals surface area contributed by atoms with Crippen LogP contribution >= 0.6 is 0 Å². The number of unbranched alkanes of at least 4 members (excludes halogenated alkanes) is 3. The van der Waals surface area contributed by atoms with Gasteiger partial charge in [0.2, 0.25) is 11.8 Å². The summed E-state index contributed by atoms with van der Waals surface area (Å²) in [5.41, 5.74) is -1.84. The standard InChI is InChI=1S/C31H54N6O7S/c1-7-8-9-10-11-14-23-19-31(23,28(40)41)34-27(39)24-15-12-17-36(24)26(38)20-32-29(42)33-25(30(4,5)6)21-35-16-13-18-37(22(2)3)45(35,43)44/h11,14,22-25H,7-10,12-13,15-21H2,1-6H3,(H,34,39)(H,40,41)(H2,32,33,42)/b14-11-/t23?,24-,25?,31+/m0/s1. The summed E-state index contributed by atoms with van der Waals surface area (Å²) < 4.78 is 29.2. The largest absolute Gasteiger partial charge is 0.479 e. The number of rotatable bonds is 14. The van der Waals surface area contributed by atoms with Gasteiger partial charge in [-0.3, -0.25) is 9.59 Å². The zero-order chi connectivity index (χ0) is 33.6. The summed E-state index contributed by atoms with van der Waals surface area (Å²) in [6.45, 7) is 12.4. The fourth-order valence-electron chi connectivity index (χ4n) is 6.08. The first kappa shape index (κ1) is 36.8. The lowest BCUT2D eigenvalue weighted by Crippen LogP contribution is -2.59. The molecule has 0 aromatic carbocycles. The Bertz CT molecular complexity index is 1220. The van der Waals surface area contributed by atoms with Crippen molar-refractivity contribution in [2.75, 3.05) is 32.7 Å². The van der Waals surface area contributed by atoms with Gasteiger partial charge in [0.1, 0.15) is 11.6 Å². The second kappa shape index (κ2) is 15.3. The quantitative estimate of drug-likeness (QED) is 0.165. The monoisotopic (exact) mass is 654 g/mol. The van der Waals surface area contributed by atoms with Gasteiger partial charge in [0.15, 0.2) is 0 Å². The number of amides is 4. The number of aliphatic carboxylic acids is 1. The summed E-state index contributed by atoms with van der Waals surface area (Å²) in [6, 6.07) is -2.15. The third-order valence-corrected chi connectivity index (χ3v) is 11.3. The molecule has 0 radical (unpaired) electrons. The minimum Gasteiger partial charge on any atom is -0.479 e. The second-order valence-corrected chi connectivity index (χ2v) is 15.8. The number of carboxylic acids is 1. The van der Waals surface area contributed by atoms with Crippen LogP contribution in [0.4, 0.5) is 4.79 Å². The molecule has 3 rings (SSSR count). The van der Waals surface area contributed by atoms with Gasteiger partial charge in [-0.2, -0.15) is 17.0 Å². The molecule has 256 valence electrons. The van der Waals surface area contributed by atoms with Crippen LogP contribution in [-0.2, 0) is 24.6 Å². The molecule has 4 atom stereocenters. The molecular weight excluding hydrogens is 600 g/mol. The molecule has 13 nitrogen and oxygen atoms in total. The van der Waals surface area contributed by atoms with E-state index >= 15 is 0 Å². The molecule has 45 heavy (non-hydrogen) atoms. The number of allylic oxidation sites excluding steroid dienone is 1. The molecule has 1 saturated carbocycles. The number of nitrogens with zero attached hydrogens (tertiary/aromatic N) is 3. The molecule has 3 aliphatic rings. The van der Waals surface area contributed by atoms with Gasteiger partial charge in [0.05, 0.1) is 6.54 Å². The van der Waals surface area contributed by atoms with E-state index in [0.717, 1.165) is 25.7 Å². The first-order valence-corrected chi connectivity index (χ1v) is 17.8. The second-order valence-electron chi connectivity index (χ2n) is 13.9. The van der Waals surface area contributed by atoms with Crippen LogP contribution < -0.4 is 16.0 Å². The number of likely N-dealkylation sites (tertiary alicyclic amines) is 1. The number of carbonyl (C=O) groups excluding carboxylic acids is 3. The van der Waals surface area contributed by atoms with Crippen molar-refractivity contribution >= 4 is 34.0 Å². The average molecular weight is 655 g/mol. The molecule has 2 heterocycles. The number of hydrogen-bond donors (Lipinski definition) is 4. The zero-order valence-corrected chi connectivity index (χ0v) is 28.6. The van der Waals surface area contributed by atoms with Gasteiger partial charge in [-0.1, -0.05) is 52.7 Å². The van der Waals surface area contributed by atoms with E-state index in [1.165, 1.54) is 13.5 Å². The van der Waals surface area contributed by atoms with E-state index < -0.39 is 57.1 Å². The summed E-state index contributed by atoms with van der Waals surface area (Å²) in [5.74, 6) is -2.33. The summed E-state index contributed by atoms with van der Waals surface area (Å²) >= 11 is 0. The van der Waals surface area contributed by atoms with E-state index in [1.807, 2.05) is 46.8 Å². The molecule has 0 aromatic rings. The summed E-state index contributed by atoms with van der Waals surface area (Å²) in [5, 5.41) is 18.1. The fraction of sp³-hybridized carbons (Fsp3) is 0.806. The average Bonchev–Trinajstić information content (AvgIpc) is 3.41. The fourth-order valence-corrected chi connectivity index (χ4v) is 7.96. The molecule has 4 N–H and O–H groups in total. The number of carbonyl (C=O) groups is 4. The Morgan fingerprint density at radius 2 is 1.78 bits per heavy atom. The van der Waals surface area contributed by atoms with E-state index in [0.29, 0.717) is 45.3 Å². The van der Waals surface area contributed by atoms with Crippen LogP contribution in [0.2, 0.25) is 0 Å². The predicted molar refractivity (Wildman–Crippen MR) is 171 cm³/mol. The summed E-state index contributed by atoms with van der Waals surface area (Å²) in [6.07, 6.45) is 9.94. The van der Waals surface area contributed by atoms with Crippen molar-refractivity contribution in [2.24, 2.45) is 11.3 Å². The van der Waals surface area contributed by atoms with Crippen molar-refractivity contribution in [2.45, 2.75) is 117 Å². The molecule has 14 heteroatoms. The van der Waals surface area contributed by atoms with Crippen LogP contribution in [0.1, 0.15) is 92.9 Å². The molecular formula is C31H54N6O7S. The molecule has 2 unspecified atom stereocenters. The topological polar surface area (TPSA) is 168 Å². The van der Waals surface area contributed by atoms with E-state index in [9.17, 15) is 32.7 Å². The smallest absolute Gasteiger partial charge is 0.330 e. The number of urea groups is 1. The first-order valence-electron chi connectivity index (χ1n) is 16.4. The van der Waals surface area contributed by atoms with Crippen molar-refractivity contribution < 1.29 is 32.7 Å². The third kappa shape index (κ3) is 9.19.